The van der Waals surface area contributed by atoms with Gasteiger partial charge < -0.3 is 15.0 Å². The molecule has 20 heavy (non-hydrogen) atoms. The van der Waals surface area contributed by atoms with Crippen molar-refractivity contribution in [3.05, 3.63) is 41.1 Å². The lowest BCUT2D eigenvalue weighted by atomic mass is 10.2. The minimum atomic E-state index is -0.496. The molecule has 0 unspecified atom stereocenters. The Morgan fingerprint density at radius 1 is 1.45 bits per heavy atom. The van der Waals surface area contributed by atoms with Crippen LogP contribution >= 0.6 is 0 Å². The summed E-state index contributed by atoms with van der Waals surface area (Å²) >= 11 is 0. The van der Waals surface area contributed by atoms with Gasteiger partial charge in [0.05, 0.1) is 18.8 Å². The summed E-state index contributed by atoms with van der Waals surface area (Å²) in [5.41, 5.74) is 8.14. The number of aryl methyl sites for hydroxylation is 2. The van der Waals surface area contributed by atoms with Gasteiger partial charge in [0, 0.05) is 6.20 Å². The number of aromatic nitrogens is 3. The Labute approximate surface area is 117 Å². The highest BCUT2D eigenvalue weighted by Gasteiger charge is 2.20. The van der Waals surface area contributed by atoms with Crippen molar-refractivity contribution in [2.24, 2.45) is 0 Å². The van der Waals surface area contributed by atoms with Crippen LogP contribution in [0.2, 0.25) is 0 Å². The average Bonchev–Trinajstić information content (AvgIpc) is 2.69. The van der Waals surface area contributed by atoms with Crippen LogP contribution in [0.15, 0.2) is 18.3 Å². The van der Waals surface area contributed by atoms with Crippen molar-refractivity contribution in [1.82, 2.24) is 14.5 Å². The van der Waals surface area contributed by atoms with Gasteiger partial charge in [-0.3, -0.25) is 4.98 Å². The molecule has 0 aliphatic carbocycles. The minimum absolute atomic E-state index is 0.165. The molecule has 0 fully saturated rings. The van der Waals surface area contributed by atoms with Gasteiger partial charge in [-0.2, -0.15) is 0 Å². The number of nitrogens with two attached hydrogens (primary N) is 1. The maximum Gasteiger partial charge on any atom is 0.360 e. The van der Waals surface area contributed by atoms with Gasteiger partial charge in [0.15, 0.2) is 5.69 Å². The number of nitrogen functional groups attached to an aromatic ring is 1. The van der Waals surface area contributed by atoms with Crippen molar-refractivity contribution in [3.63, 3.8) is 0 Å². The predicted octanol–water partition coefficient (Wildman–Crippen LogP) is 1.70. The Morgan fingerprint density at radius 2 is 2.20 bits per heavy atom. The lowest BCUT2D eigenvalue weighted by Gasteiger charge is -2.09. The van der Waals surface area contributed by atoms with Crippen LogP contribution in [0.5, 0.6) is 0 Å². The van der Waals surface area contributed by atoms with Crippen LogP contribution in [-0.2, 0) is 11.3 Å². The summed E-state index contributed by atoms with van der Waals surface area (Å²) in [6.45, 7) is 6.31. The molecule has 2 aromatic rings. The monoisotopic (exact) mass is 274 g/mol. The lowest BCUT2D eigenvalue weighted by Crippen LogP contribution is -2.11. The van der Waals surface area contributed by atoms with E-state index in [1.54, 1.807) is 24.6 Å². The van der Waals surface area contributed by atoms with Gasteiger partial charge in [0.1, 0.15) is 11.6 Å². The highest BCUT2D eigenvalue weighted by Crippen LogP contribution is 2.18. The number of anilines is 1. The van der Waals surface area contributed by atoms with Crippen LogP contribution < -0.4 is 5.73 Å². The SMILES string of the molecule is CCOC(=O)c1nc(C)n(Cc2ncccc2C)c1N. The number of ether oxygens (including phenoxy) is 1. The second-order valence-electron chi connectivity index (χ2n) is 4.47. The van der Waals surface area contributed by atoms with Gasteiger partial charge in [0.25, 0.3) is 0 Å². The molecule has 0 atom stereocenters. The largest absolute Gasteiger partial charge is 0.461 e. The molecule has 0 aliphatic heterocycles. The molecule has 0 saturated heterocycles. The first-order valence-corrected chi connectivity index (χ1v) is 6.44. The summed E-state index contributed by atoms with van der Waals surface area (Å²) in [6, 6.07) is 3.87. The predicted molar refractivity (Wildman–Crippen MR) is 75.4 cm³/mol. The molecule has 2 rings (SSSR count). The van der Waals surface area contributed by atoms with Gasteiger partial charge in [-0.05, 0) is 32.4 Å². The van der Waals surface area contributed by atoms with Crippen molar-refractivity contribution in [2.45, 2.75) is 27.3 Å². The first kappa shape index (κ1) is 14.0. The van der Waals surface area contributed by atoms with E-state index < -0.39 is 5.97 Å². The number of carbonyl (C=O) groups excluding carboxylic acids is 1. The molecular weight excluding hydrogens is 256 g/mol. The zero-order valence-corrected chi connectivity index (χ0v) is 11.9. The second kappa shape index (κ2) is 5.73. The van der Waals surface area contributed by atoms with E-state index in [2.05, 4.69) is 9.97 Å². The fourth-order valence-corrected chi connectivity index (χ4v) is 1.96. The normalized spacial score (nSPS) is 10.6. The molecule has 2 N–H and O–H groups in total. The van der Waals surface area contributed by atoms with Crippen LogP contribution in [0.1, 0.15) is 34.5 Å². The van der Waals surface area contributed by atoms with E-state index in [4.69, 9.17) is 10.5 Å². The highest BCUT2D eigenvalue weighted by molar-refractivity contribution is 5.92. The molecule has 0 saturated carbocycles. The van der Waals surface area contributed by atoms with Gasteiger partial charge in [-0.1, -0.05) is 6.07 Å². The minimum Gasteiger partial charge on any atom is -0.461 e. The summed E-state index contributed by atoms with van der Waals surface area (Å²) in [5, 5.41) is 0. The van der Waals surface area contributed by atoms with E-state index in [0.29, 0.717) is 24.8 Å². The first-order chi connectivity index (χ1) is 9.54. The van der Waals surface area contributed by atoms with E-state index >= 15 is 0 Å². The van der Waals surface area contributed by atoms with Crippen molar-refractivity contribution < 1.29 is 9.53 Å². The summed E-state index contributed by atoms with van der Waals surface area (Å²) in [5.74, 6) is 0.478. The molecule has 6 nitrogen and oxygen atoms in total. The molecule has 2 aromatic heterocycles. The second-order valence-corrected chi connectivity index (χ2v) is 4.47. The summed E-state index contributed by atoms with van der Waals surface area (Å²) in [7, 11) is 0. The van der Waals surface area contributed by atoms with Crippen molar-refractivity contribution in [1.29, 1.82) is 0 Å². The molecule has 6 heteroatoms. The zero-order valence-electron chi connectivity index (χ0n) is 11.9. The molecule has 0 amide bonds. The number of hydrogen-bond donors (Lipinski definition) is 1. The number of nitrogens with zero attached hydrogens (tertiary/aromatic N) is 3. The third-order valence-corrected chi connectivity index (χ3v) is 3.09. The molecule has 0 radical (unpaired) electrons. The topological polar surface area (TPSA) is 83.0 Å². The number of esters is 1. The standard InChI is InChI=1S/C14H18N4O2/c1-4-20-14(19)12-13(15)18(10(3)17-12)8-11-9(2)6-5-7-16-11/h5-7H,4,8,15H2,1-3H3. The molecule has 0 aliphatic rings. The van der Waals surface area contributed by atoms with Crippen molar-refractivity contribution in [2.75, 3.05) is 12.3 Å². The van der Waals surface area contributed by atoms with Crippen LogP contribution in [0.4, 0.5) is 5.82 Å². The van der Waals surface area contributed by atoms with Crippen LogP contribution in [-0.4, -0.2) is 27.1 Å². The lowest BCUT2D eigenvalue weighted by molar-refractivity contribution is 0.0521. The highest BCUT2D eigenvalue weighted by atomic mass is 16.5. The molecule has 106 valence electrons. The average molecular weight is 274 g/mol. The van der Waals surface area contributed by atoms with E-state index in [-0.39, 0.29) is 5.69 Å². The quantitative estimate of drug-likeness (QED) is 0.858. The Kier molecular flexibility index (Phi) is 4.02. The molecule has 0 bridgehead atoms. The number of hydrogen-bond acceptors (Lipinski definition) is 5. The Balaban J connectivity index is 2.34. The Hall–Kier alpha value is -2.37. The van der Waals surface area contributed by atoms with Crippen LogP contribution in [0, 0.1) is 13.8 Å². The fourth-order valence-electron chi connectivity index (χ4n) is 1.96. The van der Waals surface area contributed by atoms with Gasteiger partial charge in [-0.25, -0.2) is 9.78 Å². The Bertz CT molecular complexity index is 634. The smallest absolute Gasteiger partial charge is 0.360 e. The molecule has 0 aromatic carbocycles. The van der Waals surface area contributed by atoms with Crippen LogP contribution in [0.25, 0.3) is 0 Å². The molecular formula is C14H18N4O2. The summed E-state index contributed by atoms with van der Waals surface area (Å²) in [4.78, 5) is 20.3. The maximum absolute atomic E-state index is 11.8. The summed E-state index contributed by atoms with van der Waals surface area (Å²) < 4.78 is 6.71. The van der Waals surface area contributed by atoms with Gasteiger partial charge >= 0.3 is 5.97 Å². The number of pyridine rings is 1. The van der Waals surface area contributed by atoms with Gasteiger partial charge in [-0.15, -0.1) is 0 Å². The molecule has 0 spiro atoms. The van der Waals surface area contributed by atoms with E-state index in [9.17, 15) is 4.79 Å². The van der Waals surface area contributed by atoms with E-state index in [0.717, 1.165) is 11.3 Å². The Morgan fingerprint density at radius 3 is 2.85 bits per heavy atom. The van der Waals surface area contributed by atoms with E-state index in [1.807, 2.05) is 19.1 Å². The number of rotatable bonds is 4. The first-order valence-electron chi connectivity index (χ1n) is 6.44. The fraction of sp³-hybridized carbons (Fsp3) is 0.357. The maximum atomic E-state index is 11.8. The van der Waals surface area contributed by atoms with E-state index in [1.165, 1.54) is 0 Å². The van der Waals surface area contributed by atoms with Crippen molar-refractivity contribution in [3.8, 4) is 0 Å². The van der Waals surface area contributed by atoms with Gasteiger partial charge in [0.2, 0.25) is 0 Å². The zero-order chi connectivity index (χ0) is 14.7. The van der Waals surface area contributed by atoms with Crippen molar-refractivity contribution >= 4 is 11.8 Å². The third kappa shape index (κ3) is 2.64. The third-order valence-electron chi connectivity index (χ3n) is 3.09. The number of imidazole rings is 1. The summed E-state index contributed by atoms with van der Waals surface area (Å²) in [6.07, 6.45) is 1.73. The van der Waals surface area contributed by atoms with Crippen LogP contribution in [0.3, 0.4) is 0 Å². The number of carbonyl (C=O) groups is 1. The molecule has 2 heterocycles.